The highest BCUT2D eigenvalue weighted by molar-refractivity contribution is 7.89. The lowest BCUT2D eigenvalue weighted by molar-refractivity contribution is -0.107. The maximum absolute atomic E-state index is 13.3. The molecule has 0 saturated carbocycles. The van der Waals surface area contributed by atoms with E-state index in [1.807, 2.05) is 24.3 Å². The maximum atomic E-state index is 13.3. The van der Waals surface area contributed by atoms with E-state index in [4.69, 9.17) is 4.74 Å². The molecule has 0 unspecified atom stereocenters. The first-order valence-corrected chi connectivity index (χ1v) is 10.5. The molecule has 0 bridgehead atoms. The highest BCUT2D eigenvalue weighted by atomic mass is 32.2. The van der Waals surface area contributed by atoms with Crippen molar-refractivity contribution in [1.82, 2.24) is 4.31 Å². The summed E-state index contributed by atoms with van der Waals surface area (Å²) >= 11 is 0. The van der Waals surface area contributed by atoms with Crippen LogP contribution in [-0.2, 0) is 21.2 Å². The molecule has 142 valence electrons. The van der Waals surface area contributed by atoms with Gasteiger partial charge in [0, 0.05) is 18.8 Å². The number of hydrogen-bond acceptors (Lipinski definition) is 4. The van der Waals surface area contributed by atoms with Gasteiger partial charge in [-0.1, -0.05) is 12.1 Å². The summed E-state index contributed by atoms with van der Waals surface area (Å²) in [6.07, 6.45) is 3.11. The van der Waals surface area contributed by atoms with Crippen molar-refractivity contribution >= 4 is 22.1 Å². The summed E-state index contributed by atoms with van der Waals surface area (Å²) in [4.78, 5) is 13.0. The van der Waals surface area contributed by atoms with Crippen molar-refractivity contribution in [3.8, 4) is 5.75 Å². The largest absolute Gasteiger partial charge is 0.497 e. The lowest BCUT2D eigenvalue weighted by Crippen LogP contribution is -2.30. The van der Waals surface area contributed by atoms with Crippen LogP contribution in [0, 0.1) is 0 Å². The SMILES string of the molecule is COc1ccc([C@@H]2CCCN2S(=O)(=O)c2ccc3c(c2)CCN3C=O)cc1. The molecular formula is C20H22N2O4S. The summed E-state index contributed by atoms with van der Waals surface area (Å²) < 4.78 is 33.4. The number of amides is 1. The molecular weight excluding hydrogens is 364 g/mol. The molecule has 0 spiro atoms. The molecule has 0 aromatic heterocycles. The number of carbonyl (C=O) groups is 1. The van der Waals surface area contributed by atoms with Crippen LogP contribution in [-0.4, -0.2) is 39.3 Å². The number of carbonyl (C=O) groups excluding carboxylic acids is 1. The zero-order chi connectivity index (χ0) is 19.0. The van der Waals surface area contributed by atoms with Crippen molar-refractivity contribution in [1.29, 1.82) is 0 Å². The third-order valence-corrected chi connectivity index (χ3v) is 7.32. The fourth-order valence-corrected chi connectivity index (χ4v) is 5.73. The summed E-state index contributed by atoms with van der Waals surface area (Å²) in [5.74, 6) is 0.754. The lowest BCUT2D eigenvalue weighted by atomic mass is 10.1. The van der Waals surface area contributed by atoms with Crippen molar-refractivity contribution in [3.05, 3.63) is 53.6 Å². The van der Waals surface area contributed by atoms with Gasteiger partial charge in [-0.2, -0.15) is 4.31 Å². The Morgan fingerprint density at radius 2 is 1.89 bits per heavy atom. The Kier molecular flexibility index (Phi) is 4.65. The minimum Gasteiger partial charge on any atom is -0.497 e. The number of sulfonamides is 1. The molecule has 6 nitrogen and oxygen atoms in total. The molecule has 0 N–H and O–H groups in total. The summed E-state index contributed by atoms with van der Waals surface area (Å²) in [5.41, 5.74) is 2.69. The van der Waals surface area contributed by atoms with E-state index in [1.165, 1.54) is 0 Å². The van der Waals surface area contributed by atoms with Gasteiger partial charge in [0.05, 0.1) is 18.0 Å². The van der Waals surface area contributed by atoms with Crippen LogP contribution in [0.2, 0.25) is 0 Å². The second-order valence-corrected chi connectivity index (χ2v) is 8.78. The number of nitrogens with zero attached hydrogens (tertiary/aromatic N) is 2. The van der Waals surface area contributed by atoms with Gasteiger partial charge in [0.1, 0.15) is 5.75 Å². The van der Waals surface area contributed by atoms with Gasteiger partial charge in [-0.3, -0.25) is 4.79 Å². The summed E-state index contributed by atoms with van der Waals surface area (Å²) in [5, 5.41) is 0. The van der Waals surface area contributed by atoms with E-state index in [2.05, 4.69) is 0 Å². The Hall–Kier alpha value is -2.38. The number of rotatable bonds is 5. The van der Waals surface area contributed by atoms with Crippen molar-refractivity contribution in [2.24, 2.45) is 0 Å². The number of ether oxygens (including phenoxy) is 1. The first kappa shape index (κ1) is 18.0. The van der Waals surface area contributed by atoms with E-state index in [-0.39, 0.29) is 6.04 Å². The highest BCUT2D eigenvalue weighted by Crippen LogP contribution is 2.38. The topological polar surface area (TPSA) is 66.9 Å². The Labute approximate surface area is 159 Å². The average molecular weight is 386 g/mol. The first-order valence-electron chi connectivity index (χ1n) is 9.05. The van der Waals surface area contributed by atoms with E-state index in [9.17, 15) is 13.2 Å². The number of methoxy groups -OCH3 is 1. The Morgan fingerprint density at radius 1 is 1.11 bits per heavy atom. The van der Waals surface area contributed by atoms with Gasteiger partial charge in [-0.05, 0) is 60.7 Å². The van der Waals surface area contributed by atoms with Crippen LogP contribution in [0.3, 0.4) is 0 Å². The number of hydrogen-bond donors (Lipinski definition) is 0. The summed E-state index contributed by atoms with van der Waals surface area (Å²) in [7, 11) is -1.99. The standard InChI is InChI=1S/C20H22N2O4S/c1-26-17-6-4-15(5-7-17)20-3-2-11-22(20)27(24,25)18-8-9-19-16(13-18)10-12-21(19)14-23/h4-9,13-14,20H,2-3,10-12H2,1H3/t20-/m0/s1. The Morgan fingerprint density at radius 3 is 2.59 bits per heavy atom. The number of benzene rings is 2. The molecule has 2 aliphatic rings. The minimum atomic E-state index is -3.60. The van der Waals surface area contributed by atoms with E-state index < -0.39 is 10.0 Å². The van der Waals surface area contributed by atoms with Crippen LogP contribution in [0.1, 0.15) is 30.0 Å². The second-order valence-electron chi connectivity index (χ2n) is 6.89. The molecule has 7 heteroatoms. The van der Waals surface area contributed by atoms with E-state index in [0.717, 1.165) is 41.8 Å². The molecule has 1 atom stereocenters. The quantitative estimate of drug-likeness (QED) is 0.741. The lowest BCUT2D eigenvalue weighted by Gasteiger charge is -2.25. The van der Waals surface area contributed by atoms with Crippen molar-refractivity contribution in [3.63, 3.8) is 0 Å². The average Bonchev–Trinajstić information content (AvgIpc) is 3.34. The van der Waals surface area contributed by atoms with Gasteiger partial charge >= 0.3 is 0 Å². The van der Waals surface area contributed by atoms with Crippen LogP contribution in [0.5, 0.6) is 5.75 Å². The fourth-order valence-electron chi connectivity index (χ4n) is 4.00. The van der Waals surface area contributed by atoms with Crippen molar-refractivity contribution < 1.29 is 17.9 Å². The normalized spacial score (nSPS) is 19.9. The monoisotopic (exact) mass is 386 g/mol. The first-order chi connectivity index (χ1) is 13.0. The predicted octanol–water partition coefficient (Wildman–Crippen LogP) is 2.74. The third kappa shape index (κ3) is 3.11. The molecule has 1 saturated heterocycles. The van der Waals surface area contributed by atoms with Crippen molar-refractivity contribution in [2.75, 3.05) is 25.1 Å². The Bertz CT molecular complexity index is 956. The second kappa shape index (κ2) is 6.98. The predicted molar refractivity (Wildman–Crippen MR) is 102 cm³/mol. The molecule has 1 amide bonds. The Balaban J connectivity index is 1.65. The molecule has 2 aliphatic heterocycles. The van der Waals surface area contributed by atoms with Gasteiger partial charge in [0.15, 0.2) is 0 Å². The van der Waals surface area contributed by atoms with Crippen LogP contribution < -0.4 is 9.64 Å². The maximum Gasteiger partial charge on any atom is 0.243 e. The molecule has 2 aromatic carbocycles. The molecule has 4 rings (SSSR count). The van der Waals surface area contributed by atoms with Gasteiger partial charge in [0.25, 0.3) is 0 Å². The number of fused-ring (bicyclic) bond motifs is 1. The molecule has 27 heavy (non-hydrogen) atoms. The summed E-state index contributed by atoms with van der Waals surface area (Å²) in [6, 6.07) is 12.5. The molecule has 0 aliphatic carbocycles. The highest BCUT2D eigenvalue weighted by Gasteiger charge is 2.36. The molecule has 2 heterocycles. The van der Waals surface area contributed by atoms with Crippen LogP contribution >= 0.6 is 0 Å². The van der Waals surface area contributed by atoms with Crippen LogP contribution in [0.4, 0.5) is 5.69 Å². The fraction of sp³-hybridized carbons (Fsp3) is 0.350. The van der Waals surface area contributed by atoms with Gasteiger partial charge < -0.3 is 9.64 Å². The zero-order valence-corrected chi connectivity index (χ0v) is 16.0. The van der Waals surface area contributed by atoms with Crippen molar-refractivity contribution in [2.45, 2.75) is 30.2 Å². The third-order valence-electron chi connectivity index (χ3n) is 5.42. The van der Waals surface area contributed by atoms with Gasteiger partial charge in [0.2, 0.25) is 16.4 Å². The van der Waals surface area contributed by atoms with Gasteiger partial charge in [-0.15, -0.1) is 0 Å². The van der Waals surface area contributed by atoms with Crippen LogP contribution in [0.25, 0.3) is 0 Å². The molecule has 0 radical (unpaired) electrons. The van der Waals surface area contributed by atoms with E-state index in [0.29, 0.717) is 24.4 Å². The van der Waals surface area contributed by atoms with E-state index >= 15 is 0 Å². The van der Waals surface area contributed by atoms with E-state index in [1.54, 1.807) is 34.5 Å². The van der Waals surface area contributed by atoms with Crippen LogP contribution in [0.15, 0.2) is 47.4 Å². The zero-order valence-electron chi connectivity index (χ0n) is 15.2. The minimum absolute atomic E-state index is 0.166. The number of anilines is 1. The molecule has 1 fully saturated rings. The van der Waals surface area contributed by atoms with Gasteiger partial charge in [-0.25, -0.2) is 8.42 Å². The smallest absolute Gasteiger partial charge is 0.243 e. The molecule has 2 aromatic rings. The summed E-state index contributed by atoms with van der Waals surface area (Å²) in [6.45, 7) is 1.11.